The van der Waals surface area contributed by atoms with E-state index < -0.39 is 0 Å². The number of amides is 1. The highest BCUT2D eigenvalue weighted by molar-refractivity contribution is 7.13. The van der Waals surface area contributed by atoms with E-state index in [2.05, 4.69) is 25.4 Å². The lowest BCUT2D eigenvalue weighted by molar-refractivity contribution is 0.0954. The summed E-state index contributed by atoms with van der Waals surface area (Å²) in [6, 6.07) is 13.0. The molecule has 0 saturated heterocycles. The molecule has 0 saturated carbocycles. The normalized spacial score (nSPS) is 11.0. The van der Waals surface area contributed by atoms with Crippen LogP contribution in [-0.2, 0) is 6.42 Å². The van der Waals surface area contributed by atoms with Crippen molar-refractivity contribution in [2.24, 2.45) is 0 Å². The number of hydrogen-bond acceptors (Lipinski definition) is 7. The Morgan fingerprint density at radius 2 is 1.97 bits per heavy atom. The van der Waals surface area contributed by atoms with Gasteiger partial charge < -0.3 is 9.84 Å². The molecule has 7 nitrogen and oxygen atoms in total. The molecule has 8 heteroatoms. The maximum Gasteiger partial charge on any atom is 0.251 e. The van der Waals surface area contributed by atoms with Crippen LogP contribution >= 0.6 is 11.3 Å². The van der Waals surface area contributed by atoms with Gasteiger partial charge in [-0.2, -0.15) is 0 Å². The summed E-state index contributed by atoms with van der Waals surface area (Å²) in [6.07, 6.45) is 7.74. The summed E-state index contributed by atoms with van der Waals surface area (Å²) in [6.45, 7) is 0.540. The highest BCUT2D eigenvalue weighted by atomic mass is 32.1. The average Bonchev–Trinajstić information content (AvgIpc) is 3.47. The molecule has 1 aromatic carbocycles. The minimum Gasteiger partial charge on any atom is -0.356 e. The van der Waals surface area contributed by atoms with Crippen molar-refractivity contribution in [2.75, 3.05) is 6.54 Å². The molecular weight excluding hydrogens is 410 g/mol. The van der Waals surface area contributed by atoms with Crippen LogP contribution in [0.5, 0.6) is 0 Å². The molecule has 31 heavy (non-hydrogen) atoms. The first-order valence-corrected chi connectivity index (χ1v) is 10.6. The molecule has 0 aliphatic heterocycles. The van der Waals surface area contributed by atoms with Gasteiger partial charge in [-0.25, -0.2) is 4.98 Å². The van der Waals surface area contributed by atoms with Gasteiger partial charge in [0.15, 0.2) is 5.58 Å². The zero-order valence-corrected chi connectivity index (χ0v) is 17.2. The molecule has 0 spiro atoms. The second-order valence-electron chi connectivity index (χ2n) is 6.88. The first-order valence-electron chi connectivity index (χ1n) is 9.71. The zero-order chi connectivity index (χ0) is 21.0. The Morgan fingerprint density at radius 1 is 1.06 bits per heavy atom. The Morgan fingerprint density at radius 3 is 2.81 bits per heavy atom. The number of fused-ring (bicyclic) bond motifs is 1. The third kappa shape index (κ3) is 4.06. The van der Waals surface area contributed by atoms with Crippen molar-refractivity contribution in [3.05, 3.63) is 83.8 Å². The van der Waals surface area contributed by atoms with Crippen molar-refractivity contribution in [1.29, 1.82) is 0 Å². The second kappa shape index (κ2) is 8.45. The van der Waals surface area contributed by atoms with Crippen LogP contribution in [0.2, 0.25) is 0 Å². The molecule has 1 N–H and O–H groups in total. The van der Waals surface area contributed by atoms with Crippen molar-refractivity contribution in [1.82, 2.24) is 25.4 Å². The van der Waals surface area contributed by atoms with Gasteiger partial charge in [0, 0.05) is 47.8 Å². The number of thiazole rings is 1. The van der Waals surface area contributed by atoms with Gasteiger partial charge in [0.2, 0.25) is 0 Å². The van der Waals surface area contributed by atoms with Gasteiger partial charge in [0.1, 0.15) is 16.4 Å². The molecule has 1 amide bonds. The lowest BCUT2D eigenvalue weighted by Gasteiger charge is -2.05. The number of pyridine rings is 2. The van der Waals surface area contributed by atoms with Crippen molar-refractivity contribution in [3.8, 4) is 22.0 Å². The van der Waals surface area contributed by atoms with Gasteiger partial charge >= 0.3 is 0 Å². The van der Waals surface area contributed by atoms with Crippen molar-refractivity contribution in [2.45, 2.75) is 6.42 Å². The summed E-state index contributed by atoms with van der Waals surface area (Å²) in [5.41, 5.74) is 4.56. The highest BCUT2D eigenvalue weighted by Gasteiger charge is 2.16. The van der Waals surface area contributed by atoms with Gasteiger partial charge in [0.05, 0.1) is 5.39 Å². The SMILES string of the molecule is O=C(NCCc1ccncc1)c1ccc2onc(-c3csc(-c4cccnc4)n3)c2c1. The molecule has 0 bridgehead atoms. The molecule has 0 radical (unpaired) electrons. The fraction of sp³-hybridized carbons (Fsp3) is 0.0870. The van der Waals surface area contributed by atoms with Gasteiger partial charge in [0.25, 0.3) is 5.91 Å². The maximum atomic E-state index is 12.6. The van der Waals surface area contributed by atoms with E-state index in [1.807, 2.05) is 29.6 Å². The maximum absolute atomic E-state index is 12.6. The third-order valence-electron chi connectivity index (χ3n) is 4.84. The molecule has 0 fully saturated rings. The molecule has 152 valence electrons. The number of benzene rings is 1. The molecule has 0 aliphatic rings. The molecule has 4 aromatic heterocycles. The molecule has 5 rings (SSSR count). The minimum absolute atomic E-state index is 0.141. The zero-order valence-electron chi connectivity index (χ0n) is 16.4. The molecule has 0 aliphatic carbocycles. The molecule has 0 unspecified atom stereocenters. The van der Waals surface area contributed by atoms with E-state index >= 15 is 0 Å². The molecular formula is C23H17N5O2S. The lowest BCUT2D eigenvalue weighted by Crippen LogP contribution is -2.25. The van der Waals surface area contributed by atoms with Crippen LogP contribution in [0.4, 0.5) is 0 Å². The van der Waals surface area contributed by atoms with Crippen molar-refractivity contribution >= 4 is 28.2 Å². The number of nitrogens with zero attached hydrogens (tertiary/aromatic N) is 4. The van der Waals surface area contributed by atoms with Crippen molar-refractivity contribution in [3.63, 3.8) is 0 Å². The second-order valence-corrected chi connectivity index (χ2v) is 7.74. The number of carbonyl (C=O) groups excluding carboxylic acids is 1. The number of carbonyl (C=O) groups is 1. The number of hydrogen-bond donors (Lipinski definition) is 1. The van der Waals surface area contributed by atoms with E-state index in [0.717, 1.165) is 27.9 Å². The Labute approximate surface area is 181 Å². The monoisotopic (exact) mass is 427 g/mol. The Balaban J connectivity index is 1.36. The fourth-order valence-corrected chi connectivity index (χ4v) is 4.04. The van der Waals surface area contributed by atoms with Crippen molar-refractivity contribution < 1.29 is 9.32 Å². The Kier molecular flexibility index (Phi) is 5.20. The van der Waals surface area contributed by atoms with Crippen LogP contribution < -0.4 is 5.32 Å². The van der Waals surface area contributed by atoms with Crippen LogP contribution in [0.25, 0.3) is 32.9 Å². The van der Waals surface area contributed by atoms with E-state index in [4.69, 9.17) is 4.52 Å². The van der Waals surface area contributed by atoms with Gasteiger partial charge in [-0.3, -0.25) is 14.8 Å². The molecule has 0 atom stereocenters. The summed E-state index contributed by atoms with van der Waals surface area (Å²) in [5.74, 6) is -0.141. The Hall–Kier alpha value is -3.91. The van der Waals surface area contributed by atoms with Crippen LogP contribution in [0.1, 0.15) is 15.9 Å². The third-order valence-corrected chi connectivity index (χ3v) is 5.73. The standard InChI is InChI=1S/C23H17N5O2S/c29-22(26-11-7-15-5-9-24-10-6-15)16-3-4-20-18(12-16)21(28-30-20)19-14-31-23(27-19)17-2-1-8-25-13-17/h1-6,8-10,12-14H,7,11H2,(H,26,29). The van der Waals surface area contributed by atoms with Crippen LogP contribution in [-0.4, -0.2) is 32.6 Å². The number of rotatable bonds is 6. The summed E-state index contributed by atoms with van der Waals surface area (Å²) >= 11 is 1.51. The first kappa shape index (κ1) is 19.1. The summed E-state index contributed by atoms with van der Waals surface area (Å²) in [4.78, 5) is 25.5. The van der Waals surface area contributed by atoms with E-state index in [9.17, 15) is 4.79 Å². The van der Waals surface area contributed by atoms with E-state index in [1.165, 1.54) is 11.3 Å². The Bertz CT molecular complexity index is 1330. The van der Waals surface area contributed by atoms with E-state index in [0.29, 0.717) is 29.1 Å². The lowest BCUT2D eigenvalue weighted by atomic mass is 10.1. The van der Waals surface area contributed by atoms with Gasteiger partial charge in [-0.1, -0.05) is 5.16 Å². The largest absolute Gasteiger partial charge is 0.356 e. The smallest absolute Gasteiger partial charge is 0.251 e. The fourth-order valence-electron chi connectivity index (χ4n) is 3.24. The minimum atomic E-state index is -0.141. The summed E-state index contributed by atoms with van der Waals surface area (Å²) < 4.78 is 5.46. The van der Waals surface area contributed by atoms with Gasteiger partial charge in [-0.05, 0) is 54.4 Å². The molecule has 4 heterocycles. The topological polar surface area (TPSA) is 93.8 Å². The predicted octanol–water partition coefficient (Wildman–Crippen LogP) is 4.38. The average molecular weight is 427 g/mol. The van der Waals surface area contributed by atoms with Gasteiger partial charge in [-0.15, -0.1) is 11.3 Å². The predicted molar refractivity (Wildman–Crippen MR) is 119 cm³/mol. The quantitative estimate of drug-likeness (QED) is 0.432. The van der Waals surface area contributed by atoms with E-state index in [-0.39, 0.29) is 5.91 Å². The van der Waals surface area contributed by atoms with E-state index in [1.54, 1.807) is 43.0 Å². The first-order chi connectivity index (χ1) is 15.3. The summed E-state index contributed by atoms with van der Waals surface area (Å²) in [5, 5.41) is 10.7. The van der Waals surface area contributed by atoms with Crippen LogP contribution in [0, 0.1) is 0 Å². The van der Waals surface area contributed by atoms with Crippen LogP contribution in [0.3, 0.4) is 0 Å². The number of aromatic nitrogens is 4. The molecule has 5 aromatic rings. The summed E-state index contributed by atoms with van der Waals surface area (Å²) in [7, 11) is 0. The number of nitrogens with one attached hydrogen (secondary N) is 1. The highest BCUT2D eigenvalue weighted by Crippen LogP contribution is 2.32. The van der Waals surface area contributed by atoms with Crippen LogP contribution in [0.15, 0.2) is 77.2 Å².